The van der Waals surface area contributed by atoms with Gasteiger partial charge in [0.05, 0.1) is 10.9 Å². The molecule has 24 heavy (non-hydrogen) atoms. The molecule has 3 heterocycles. The summed E-state index contributed by atoms with van der Waals surface area (Å²) in [5.74, 6) is -0.678. The van der Waals surface area contributed by atoms with Crippen LogP contribution in [0.1, 0.15) is 28.3 Å². The number of aromatic nitrogens is 2. The lowest BCUT2D eigenvalue weighted by molar-refractivity contribution is -0.122. The van der Waals surface area contributed by atoms with E-state index in [-0.39, 0.29) is 24.4 Å². The van der Waals surface area contributed by atoms with Gasteiger partial charge in [0.2, 0.25) is 5.91 Å². The van der Waals surface area contributed by atoms with E-state index in [1.807, 2.05) is 38.3 Å². The average Bonchev–Trinajstić information content (AvgIpc) is 3.21. The van der Waals surface area contributed by atoms with Gasteiger partial charge in [0, 0.05) is 9.75 Å². The molecule has 0 bridgehead atoms. The first-order chi connectivity index (χ1) is 11.4. The fourth-order valence-corrected chi connectivity index (χ4v) is 4.15. The number of hydrogen-bond donors (Lipinski definition) is 1. The minimum atomic E-state index is -0.635. The van der Waals surface area contributed by atoms with E-state index >= 15 is 0 Å². The molecule has 8 heteroatoms. The Labute approximate surface area is 146 Å². The Hall–Kier alpha value is -2.19. The topological polar surface area (TPSA) is 77.1 Å². The largest absolute Gasteiger partial charge is 0.437 e. The summed E-state index contributed by atoms with van der Waals surface area (Å²) >= 11 is 3.12. The van der Waals surface area contributed by atoms with Crippen molar-refractivity contribution in [1.29, 1.82) is 0 Å². The van der Waals surface area contributed by atoms with Gasteiger partial charge in [-0.2, -0.15) is 4.68 Å². The normalized spacial score (nSPS) is 12.3. The highest BCUT2D eigenvalue weighted by Gasteiger charge is 2.17. The van der Waals surface area contributed by atoms with E-state index < -0.39 is 5.76 Å². The number of nitrogens with one attached hydrogen (secondary N) is 1. The van der Waals surface area contributed by atoms with Crippen LogP contribution in [-0.4, -0.2) is 15.7 Å². The molecule has 1 unspecified atom stereocenters. The molecule has 3 rings (SSSR count). The van der Waals surface area contributed by atoms with Gasteiger partial charge in [-0.15, -0.1) is 27.8 Å². The zero-order chi connectivity index (χ0) is 17.3. The highest BCUT2D eigenvalue weighted by Crippen LogP contribution is 2.26. The predicted octanol–water partition coefficient (Wildman–Crippen LogP) is 3.12. The maximum atomic E-state index is 12.2. The SMILES string of the molecule is Cc1cc(C(C)NC(=O)Cn2nc(-c3cccs3)oc2=O)c(C)s1. The van der Waals surface area contributed by atoms with Gasteiger partial charge < -0.3 is 9.73 Å². The fourth-order valence-electron chi connectivity index (χ4n) is 2.49. The Balaban J connectivity index is 1.69. The Bertz CT molecular complexity index is 906. The summed E-state index contributed by atoms with van der Waals surface area (Å²) < 4.78 is 6.14. The molecule has 3 aromatic rings. The van der Waals surface area contributed by atoms with Crippen LogP contribution in [0.2, 0.25) is 0 Å². The average molecular weight is 363 g/mol. The van der Waals surface area contributed by atoms with Gasteiger partial charge in [-0.25, -0.2) is 4.79 Å². The third-order valence-electron chi connectivity index (χ3n) is 3.55. The first-order valence-electron chi connectivity index (χ1n) is 7.42. The number of amides is 1. The Kier molecular flexibility index (Phi) is 4.68. The number of hydrogen-bond acceptors (Lipinski definition) is 6. The van der Waals surface area contributed by atoms with Crippen molar-refractivity contribution in [2.45, 2.75) is 33.4 Å². The zero-order valence-corrected chi connectivity index (χ0v) is 15.2. The second-order valence-corrected chi connectivity index (χ2v) is 7.87. The second kappa shape index (κ2) is 6.74. The van der Waals surface area contributed by atoms with Crippen molar-refractivity contribution < 1.29 is 9.21 Å². The summed E-state index contributed by atoms with van der Waals surface area (Å²) in [5, 5.41) is 8.85. The summed E-state index contributed by atoms with van der Waals surface area (Å²) in [6, 6.07) is 5.60. The van der Waals surface area contributed by atoms with Crippen molar-refractivity contribution in [1.82, 2.24) is 15.1 Å². The van der Waals surface area contributed by atoms with Gasteiger partial charge in [0.25, 0.3) is 5.89 Å². The molecule has 1 amide bonds. The Morgan fingerprint density at radius 3 is 2.88 bits per heavy atom. The molecule has 0 radical (unpaired) electrons. The Morgan fingerprint density at radius 2 is 2.25 bits per heavy atom. The van der Waals surface area contributed by atoms with E-state index in [1.54, 1.807) is 11.3 Å². The standard InChI is InChI=1S/C16H17N3O3S2/c1-9-7-12(11(3)24-9)10(2)17-14(20)8-19-16(21)22-15(18-19)13-5-4-6-23-13/h4-7,10H,8H2,1-3H3,(H,17,20). The van der Waals surface area contributed by atoms with E-state index in [4.69, 9.17) is 4.42 Å². The molecule has 0 spiro atoms. The summed E-state index contributed by atoms with van der Waals surface area (Å²) in [5.41, 5.74) is 1.10. The maximum absolute atomic E-state index is 12.2. The van der Waals surface area contributed by atoms with Crippen molar-refractivity contribution in [3.8, 4) is 10.8 Å². The van der Waals surface area contributed by atoms with Crippen LogP contribution in [0, 0.1) is 13.8 Å². The lowest BCUT2D eigenvalue weighted by atomic mass is 10.1. The molecule has 126 valence electrons. The lowest BCUT2D eigenvalue weighted by Gasteiger charge is -2.13. The molecule has 1 atom stereocenters. The molecule has 0 saturated heterocycles. The van der Waals surface area contributed by atoms with E-state index in [9.17, 15) is 9.59 Å². The van der Waals surface area contributed by atoms with Crippen LogP contribution in [-0.2, 0) is 11.3 Å². The number of aryl methyl sites for hydroxylation is 2. The van der Waals surface area contributed by atoms with Gasteiger partial charge in [-0.05, 0) is 43.8 Å². The van der Waals surface area contributed by atoms with Crippen molar-refractivity contribution >= 4 is 28.6 Å². The van der Waals surface area contributed by atoms with E-state index in [0.717, 1.165) is 15.1 Å². The van der Waals surface area contributed by atoms with E-state index in [1.165, 1.54) is 21.1 Å². The molecule has 1 N–H and O–H groups in total. The highest BCUT2D eigenvalue weighted by atomic mass is 32.1. The number of carbonyl (C=O) groups is 1. The molecule has 0 saturated carbocycles. The van der Waals surface area contributed by atoms with Crippen LogP contribution in [0.5, 0.6) is 0 Å². The van der Waals surface area contributed by atoms with Crippen LogP contribution in [0.15, 0.2) is 32.8 Å². The third kappa shape index (κ3) is 3.49. The summed E-state index contributed by atoms with van der Waals surface area (Å²) in [6.45, 7) is 5.83. The highest BCUT2D eigenvalue weighted by molar-refractivity contribution is 7.13. The monoisotopic (exact) mass is 363 g/mol. The summed E-state index contributed by atoms with van der Waals surface area (Å²) in [7, 11) is 0. The Morgan fingerprint density at radius 1 is 1.46 bits per heavy atom. The van der Waals surface area contributed by atoms with Crippen molar-refractivity contribution in [3.05, 3.63) is 49.4 Å². The smallest absolute Gasteiger partial charge is 0.387 e. The molecule has 0 aromatic carbocycles. The molecular formula is C16H17N3O3S2. The number of thiophene rings is 2. The number of rotatable bonds is 5. The molecular weight excluding hydrogens is 346 g/mol. The quantitative estimate of drug-likeness (QED) is 0.755. The second-order valence-electron chi connectivity index (χ2n) is 5.47. The van der Waals surface area contributed by atoms with Crippen LogP contribution in [0.3, 0.4) is 0 Å². The summed E-state index contributed by atoms with van der Waals surface area (Å²) in [6.07, 6.45) is 0. The predicted molar refractivity (Wildman–Crippen MR) is 94.4 cm³/mol. The van der Waals surface area contributed by atoms with Gasteiger partial charge in [0.1, 0.15) is 6.54 Å². The molecule has 0 aliphatic carbocycles. The van der Waals surface area contributed by atoms with Crippen LogP contribution < -0.4 is 11.1 Å². The summed E-state index contributed by atoms with van der Waals surface area (Å²) in [4.78, 5) is 27.2. The van der Waals surface area contributed by atoms with Crippen molar-refractivity contribution in [2.24, 2.45) is 0 Å². The molecule has 0 aliphatic heterocycles. The zero-order valence-electron chi connectivity index (χ0n) is 13.5. The molecule has 3 aromatic heterocycles. The fraction of sp³-hybridized carbons (Fsp3) is 0.312. The van der Waals surface area contributed by atoms with E-state index in [2.05, 4.69) is 16.5 Å². The van der Waals surface area contributed by atoms with Crippen LogP contribution in [0.4, 0.5) is 0 Å². The minimum absolute atomic E-state index is 0.123. The van der Waals surface area contributed by atoms with Crippen molar-refractivity contribution in [2.75, 3.05) is 0 Å². The number of carbonyl (C=O) groups excluding carboxylic acids is 1. The van der Waals surface area contributed by atoms with Gasteiger partial charge in [-0.3, -0.25) is 4.79 Å². The number of nitrogens with zero attached hydrogens (tertiary/aromatic N) is 2. The molecule has 6 nitrogen and oxygen atoms in total. The van der Waals surface area contributed by atoms with Crippen molar-refractivity contribution in [3.63, 3.8) is 0 Å². The maximum Gasteiger partial charge on any atom is 0.437 e. The third-order valence-corrected chi connectivity index (χ3v) is 5.39. The first kappa shape index (κ1) is 16.7. The molecule has 0 fully saturated rings. The van der Waals surface area contributed by atoms with Gasteiger partial charge in [0.15, 0.2) is 0 Å². The lowest BCUT2D eigenvalue weighted by Crippen LogP contribution is -2.33. The van der Waals surface area contributed by atoms with E-state index in [0.29, 0.717) is 0 Å². The molecule has 0 aliphatic rings. The van der Waals surface area contributed by atoms with Crippen LogP contribution in [0.25, 0.3) is 10.8 Å². The first-order valence-corrected chi connectivity index (χ1v) is 9.12. The van der Waals surface area contributed by atoms with Gasteiger partial charge in [-0.1, -0.05) is 6.07 Å². The van der Waals surface area contributed by atoms with Crippen LogP contribution >= 0.6 is 22.7 Å². The minimum Gasteiger partial charge on any atom is -0.387 e. The van der Waals surface area contributed by atoms with Gasteiger partial charge >= 0.3 is 5.76 Å².